The molecule has 1 aromatic heterocycles. The fraction of sp³-hybridized carbons (Fsp3) is 0.0714. The number of nitrogens with zero attached hydrogens (tertiary/aromatic N) is 1. The molecule has 0 aliphatic heterocycles. The summed E-state index contributed by atoms with van der Waals surface area (Å²) >= 11 is 0. The molecule has 0 radical (unpaired) electrons. The monoisotopic (exact) mass is 239 g/mol. The summed E-state index contributed by atoms with van der Waals surface area (Å²) < 4.78 is 0. The van der Waals surface area contributed by atoms with Gasteiger partial charge >= 0.3 is 0 Å². The van der Waals surface area contributed by atoms with Crippen molar-refractivity contribution >= 4 is 16.7 Å². The average Bonchev–Trinajstić information content (AvgIpc) is 2.79. The summed E-state index contributed by atoms with van der Waals surface area (Å²) in [5.41, 5.74) is 2.76. The van der Waals surface area contributed by atoms with E-state index in [1.807, 2.05) is 30.3 Å². The third kappa shape index (κ3) is 2.13. The van der Waals surface area contributed by atoms with E-state index in [1.165, 1.54) is 0 Å². The van der Waals surface area contributed by atoms with Gasteiger partial charge in [0.2, 0.25) is 0 Å². The van der Waals surface area contributed by atoms with Crippen molar-refractivity contribution in [2.75, 3.05) is 5.32 Å². The highest BCUT2D eigenvalue weighted by molar-refractivity contribution is 5.76. The van der Waals surface area contributed by atoms with Crippen molar-refractivity contribution in [3.05, 3.63) is 54.4 Å². The van der Waals surface area contributed by atoms with Gasteiger partial charge in [-0.05, 0) is 24.3 Å². The molecule has 0 atom stereocenters. The molecule has 0 aliphatic rings. The van der Waals surface area contributed by atoms with Crippen LogP contribution in [-0.4, -0.2) is 15.1 Å². The maximum Gasteiger partial charge on any atom is 0.126 e. The fourth-order valence-corrected chi connectivity index (χ4v) is 1.88. The van der Waals surface area contributed by atoms with Crippen LogP contribution in [0, 0.1) is 0 Å². The Morgan fingerprint density at radius 3 is 2.78 bits per heavy atom. The number of H-pyrrole nitrogens is 1. The Balaban J connectivity index is 1.79. The number of aromatic nitrogens is 2. The third-order valence-corrected chi connectivity index (χ3v) is 2.75. The summed E-state index contributed by atoms with van der Waals surface area (Å²) in [4.78, 5) is 7.61. The minimum atomic E-state index is 0.244. The number of fused-ring (bicyclic) bond motifs is 1. The van der Waals surface area contributed by atoms with Crippen LogP contribution < -0.4 is 5.32 Å². The van der Waals surface area contributed by atoms with Crippen LogP contribution in [0.4, 0.5) is 5.69 Å². The van der Waals surface area contributed by atoms with Crippen molar-refractivity contribution in [3.63, 3.8) is 0 Å². The maximum atomic E-state index is 9.38. The summed E-state index contributed by atoms with van der Waals surface area (Å²) in [5.74, 6) is 1.09. The van der Waals surface area contributed by atoms with E-state index in [4.69, 9.17) is 0 Å². The lowest BCUT2D eigenvalue weighted by molar-refractivity contribution is 0.476. The lowest BCUT2D eigenvalue weighted by Gasteiger charge is -2.02. The second kappa shape index (κ2) is 4.41. The van der Waals surface area contributed by atoms with E-state index < -0.39 is 0 Å². The van der Waals surface area contributed by atoms with Gasteiger partial charge in [0.1, 0.15) is 11.6 Å². The SMILES string of the molecule is Oc1ccc2nc(CNc3ccccc3)[nH]c2c1. The Morgan fingerprint density at radius 1 is 1.11 bits per heavy atom. The van der Waals surface area contributed by atoms with E-state index in [-0.39, 0.29) is 5.75 Å². The number of benzene rings is 2. The molecule has 18 heavy (non-hydrogen) atoms. The molecule has 4 heteroatoms. The lowest BCUT2D eigenvalue weighted by Crippen LogP contribution is -2.00. The number of aromatic hydroxyl groups is 1. The normalized spacial score (nSPS) is 10.7. The van der Waals surface area contributed by atoms with Gasteiger partial charge in [-0.15, -0.1) is 0 Å². The number of phenolic OH excluding ortho intramolecular Hbond substituents is 1. The van der Waals surface area contributed by atoms with Crippen molar-refractivity contribution in [1.29, 1.82) is 0 Å². The van der Waals surface area contributed by atoms with Crippen LogP contribution in [0.3, 0.4) is 0 Å². The van der Waals surface area contributed by atoms with Crippen molar-refractivity contribution in [2.24, 2.45) is 0 Å². The van der Waals surface area contributed by atoms with Crippen LogP contribution in [-0.2, 0) is 6.54 Å². The first-order valence-electron chi connectivity index (χ1n) is 5.78. The molecule has 3 rings (SSSR count). The minimum Gasteiger partial charge on any atom is -0.508 e. The Hall–Kier alpha value is -2.49. The van der Waals surface area contributed by atoms with Crippen LogP contribution >= 0.6 is 0 Å². The van der Waals surface area contributed by atoms with E-state index >= 15 is 0 Å². The highest BCUT2D eigenvalue weighted by Crippen LogP contribution is 2.18. The minimum absolute atomic E-state index is 0.244. The molecular weight excluding hydrogens is 226 g/mol. The zero-order valence-corrected chi connectivity index (χ0v) is 9.72. The fourth-order valence-electron chi connectivity index (χ4n) is 1.88. The molecule has 0 fully saturated rings. The first-order valence-corrected chi connectivity index (χ1v) is 5.78. The van der Waals surface area contributed by atoms with Gasteiger partial charge in [-0.25, -0.2) is 4.98 Å². The number of imidazole rings is 1. The van der Waals surface area contributed by atoms with Crippen LogP contribution in [0.2, 0.25) is 0 Å². The molecule has 0 amide bonds. The largest absolute Gasteiger partial charge is 0.508 e. The van der Waals surface area contributed by atoms with E-state index in [2.05, 4.69) is 15.3 Å². The summed E-state index contributed by atoms with van der Waals surface area (Å²) in [6, 6.07) is 15.1. The predicted molar refractivity (Wildman–Crippen MR) is 71.5 cm³/mol. The van der Waals surface area contributed by atoms with E-state index in [0.29, 0.717) is 6.54 Å². The molecule has 90 valence electrons. The quantitative estimate of drug-likeness (QED) is 0.658. The number of rotatable bonds is 3. The molecular formula is C14H13N3O. The van der Waals surface area contributed by atoms with E-state index in [0.717, 1.165) is 22.5 Å². The molecule has 1 heterocycles. The summed E-state index contributed by atoms with van der Waals surface area (Å²) in [5, 5.41) is 12.7. The van der Waals surface area contributed by atoms with Gasteiger partial charge < -0.3 is 15.4 Å². The summed E-state index contributed by atoms with van der Waals surface area (Å²) in [7, 11) is 0. The Morgan fingerprint density at radius 2 is 1.94 bits per heavy atom. The van der Waals surface area contributed by atoms with Crippen molar-refractivity contribution in [1.82, 2.24) is 9.97 Å². The molecule has 0 unspecified atom stereocenters. The first-order chi connectivity index (χ1) is 8.81. The third-order valence-electron chi connectivity index (χ3n) is 2.75. The Bertz CT molecular complexity index is 661. The molecule has 2 aromatic carbocycles. The van der Waals surface area contributed by atoms with Crippen LogP contribution in [0.25, 0.3) is 11.0 Å². The maximum absolute atomic E-state index is 9.38. The average molecular weight is 239 g/mol. The van der Waals surface area contributed by atoms with Gasteiger partial charge in [0.25, 0.3) is 0 Å². The molecule has 3 N–H and O–H groups in total. The molecule has 0 spiro atoms. The summed E-state index contributed by atoms with van der Waals surface area (Å²) in [6.45, 7) is 0.624. The number of hydrogen-bond acceptors (Lipinski definition) is 3. The van der Waals surface area contributed by atoms with Crippen LogP contribution in [0.15, 0.2) is 48.5 Å². The molecule has 0 saturated carbocycles. The number of phenols is 1. The van der Waals surface area contributed by atoms with E-state index in [9.17, 15) is 5.11 Å². The number of hydrogen-bond donors (Lipinski definition) is 3. The molecule has 4 nitrogen and oxygen atoms in total. The van der Waals surface area contributed by atoms with Crippen molar-refractivity contribution < 1.29 is 5.11 Å². The molecule has 0 saturated heterocycles. The second-order valence-electron chi connectivity index (χ2n) is 4.10. The second-order valence-corrected chi connectivity index (χ2v) is 4.10. The summed E-state index contributed by atoms with van der Waals surface area (Å²) in [6.07, 6.45) is 0. The van der Waals surface area contributed by atoms with Gasteiger partial charge in [0.05, 0.1) is 17.6 Å². The van der Waals surface area contributed by atoms with Crippen molar-refractivity contribution in [3.8, 4) is 5.75 Å². The van der Waals surface area contributed by atoms with Gasteiger partial charge in [-0.3, -0.25) is 0 Å². The smallest absolute Gasteiger partial charge is 0.126 e. The van der Waals surface area contributed by atoms with Gasteiger partial charge in [-0.1, -0.05) is 18.2 Å². The van der Waals surface area contributed by atoms with Crippen LogP contribution in [0.1, 0.15) is 5.82 Å². The number of aromatic amines is 1. The van der Waals surface area contributed by atoms with Gasteiger partial charge in [0.15, 0.2) is 0 Å². The molecule has 0 aliphatic carbocycles. The number of para-hydroxylation sites is 1. The lowest BCUT2D eigenvalue weighted by atomic mass is 10.3. The van der Waals surface area contributed by atoms with Gasteiger partial charge in [-0.2, -0.15) is 0 Å². The highest BCUT2D eigenvalue weighted by atomic mass is 16.3. The standard InChI is InChI=1S/C14H13N3O/c18-11-6-7-12-13(8-11)17-14(16-12)9-15-10-4-2-1-3-5-10/h1-8,15,18H,9H2,(H,16,17). The zero-order chi connectivity index (χ0) is 12.4. The van der Waals surface area contributed by atoms with Gasteiger partial charge in [0, 0.05) is 11.8 Å². The Kier molecular flexibility index (Phi) is 2.61. The van der Waals surface area contributed by atoms with E-state index in [1.54, 1.807) is 18.2 Å². The highest BCUT2D eigenvalue weighted by Gasteiger charge is 2.03. The topological polar surface area (TPSA) is 60.9 Å². The predicted octanol–water partition coefficient (Wildman–Crippen LogP) is 2.88. The number of nitrogens with one attached hydrogen (secondary N) is 2. The number of anilines is 1. The van der Waals surface area contributed by atoms with Crippen molar-refractivity contribution in [2.45, 2.75) is 6.54 Å². The zero-order valence-electron chi connectivity index (χ0n) is 9.72. The molecule has 0 bridgehead atoms. The first kappa shape index (κ1) is 10.7. The molecule has 3 aromatic rings. The van der Waals surface area contributed by atoms with Crippen LogP contribution in [0.5, 0.6) is 5.75 Å². The Labute approximate surface area is 104 Å².